The number of benzene rings is 2. The van der Waals surface area contributed by atoms with Gasteiger partial charge in [-0.1, -0.05) is 18.2 Å². The summed E-state index contributed by atoms with van der Waals surface area (Å²) in [4.78, 5) is 4.94. The molecular formula is C25H24FN. The van der Waals surface area contributed by atoms with E-state index in [4.69, 9.17) is 4.98 Å². The Morgan fingerprint density at radius 2 is 1.44 bits per heavy atom. The third kappa shape index (κ3) is 2.46. The van der Waals surface area contributed by atoms with Crippen LogP contribution in [-0.4, -0.2) is 4.98 Å². The Balaban J connectivity index is 1.56. The van der Waals surface area contributed by atoms with Crippen LogP contribution in [-0.2, 0) is 5.41 Å². The lowest BCUT2D eigenvalue weighted by Gasteiger charge is -2.57. The predicted molar refractivity (Wildman–Crippen MR) is 107 cm³/mol. The maximum Gasteiger partial charge on any atom is 0.123 e. The summed E-state index contributed by atoms with van der Waals surface area (Å²) in [7, 11) is 0. The third-order valence-corrected chi connectivity index (χ3v) is 7.47. The number of pyridine rings is 1. The quantitative estimate of drug-likeness (QED) is 0.509. The van der Waals surface area contributed by atoms with Gasteiger partial charge in [-0.05, 0) is 104 Å². The summed E-state index contributed by atoms with van der Waals surface area (Å²) in [6, 6.07) is 17.7. The fourth-order valence-corrected chi connectivity index (χ4v) is 6.82. The number of rotatable bonds is 2. The van der Waals surface area contributed by atoms with E-state index in [1.807, 2.05) is 12.1 Å². The third-order valence-electron chi connectivity index (χ3n) is 7.47. The minimum absolute atomic E-state index is 0.194. The van der Waals surface area contributed by atoms with Crippen LogP contribution in [0.3, 0.4) is 0 Å². The topological polar surface area (TPSA) is 12.9 Å². The summed E-state index contributed by atoms with van der Waals surface area (Å²) in [6.07, 6.45) is 8.38. The predicted octanol–water partition coefficient (Wildman–Crippen LogP) is 6.51. The summed E-state index contributed by atoms with van der Waals surface area (Å²) in [6.45, 7) is 0. The molecule has 7 rings (SSSR count). The molecule has 136 valence electrons. The molecular weight excluding hydrogens is 333 g/mol. The molecule has 0 atom stereocenters. The highest BCUT2D eigenvalue weighted by Crippen LogP contribution is 2.61. The lowest BCUT2D eigenvalue weighted by molar-refractivity contribution is -0.00450. The van der Waals surface area contributed by atoms with E-state index in [0.29, 0.717) is 5.41 Å². The first-order chi connectivity index (χ1) is 13.2. The molecule has 2 heteroatoms. The minimum Gasteiger partial charge on any atom is -0.248 e. The van der Waals surface area contributed by atoms with Crippen molar-refractivity contribution in [2.24, 2.45) is 17.8 Å². The molecule has 4 aliphatic carbocycles. The van der Waals surface area contributed by atoms with Crippen LogP contribution < -0.4 is 0 Å². The van der Waals surface area contributed by atoms with Crippen LogP contribution in [0.4, 0.5) is 4.39 Å². The second-order valence-corrected chi connectivity index (χ2v) is 9.28. The monoisotopic (exact) mass is 357 g/mol. The summed E-state index contributed by atoms with van der Waals surface area (Å²) in [5.74, 6) is 2.55. The molecule has 3 aromatic rings. The average molecular weight is 357 g/mol. The minimum atomic E-state index is -0.194. The van der Waals surface area contributed by atoms with Gasteiger partial charge >= 0.3 is 0 Å². The van der Waals surface area contributed by atoms with Crippen molar-refractivity contribution in [3.05, 3.63) is 66.0 Å². The summed E-state index contributed by atoms with van der Waals surface area (Å²) in [5, 5.41) is 1.32. The van der Waals surface area contributed by atoms with Gasteiger partial charge in [0.15, 0.2) is 0 Å². The average Bonchev–Trinajstić information content (AvgIpc) is 2.66. The van der Waals surface area contributed by atoms with E-state index >= 15 is 0 Å². The van der Waals surface area contributed by atoms with Gasteiger partial charge in [-0.3, -0.25) is 0 Å². The highest BCUT2D eigenvalue weighted by Gasteiger charge is 2.52. The van der Waals surface area contributed by atoms with Crippen LogP contribution in [0, 0.1) is 23.6 Å². The second kappa shape index (κ2) is 5.64. The summed E-state index contributed by atoms with van der Waals surface area (Å²) >= 11 is 0. The molecule has 0 radical (unpaired) electrons. The first-order valence-electron chi connectivity index (χ1n) is 10.3. The van der Waals surface area contributed by atoms with Gasteiger partial charge in [0.2, 0.25) is 0 Å². The fraction of sp³-hybridized carbons (Fsp3) is 0.400. The van der Waals surface area contributed by atoms with Crippen molar-refractivity contribution in [3.63, 3.8) is 0 Å². The smallest absolute Gasteiger partial charge is 0.123 e. The SMILES string of the molecule is Fc1ccc(-c2cc(C34CC5CC(CC(C5)C3)C4)c3ccccc3n2)cc1. The Morgan fingerprint density at radius 3 is 2.11 bits per heavy atom. The maximum atomic E-state index is 13.4. The zero-order valence-electron chi connectivity index (χ0n) is 15.5. The molecule has 1 heterocycles. The molecule has 1 aromatic heterocycles. The van der Waals surface area contributed by atoms with Gasteiger partial charge in [0, 0.05) is 10.9 Å². The molecule has 0 N–H and O–H groups in total. The zero-order chi connectivity index (χ0) is 18.0. The molecule has 0 unspecified atom stereocenters. The summed E-state index contributed by atoms with van der Waals surface area (Å²) < 4.78 is 13.4. The number of nitrogens with zero attached hydrogens (tertiary/aromatic N) is 1. The van der Waals surface area contributed by atoms with E-state index < -0.39 is 0 Å². The molecule has 4 saturated carbocycles. The lowest BCUT2D eigenvalue weighted by atomic mass is 9.48. The van der Waals surface area contributed by atoms with Crippen molar-refractivity contribution in [2.75, 3.05) is 0 Å². The number of aromatic nitrogens is 1. The molecule has 0 saturated heterocycles. The van der Waals surface area contributed by atoms with Crippen LogP contribution >= 0.6 is 0 Å². The fourth-order valence-electron chi connectivity index (χ4n) is 6.82. The first kappa shape index (κ1) is 15.8. The Bertz CT molecular complexity index is 985. The number of halogens is 1. The van der Waals surface area contributed by atoms with Crippen LogP contribution in [0.1, 0.15) is 44.1 Å². The zero-order valence-corrected chi connectivity index (χ0v) is 15.5. The molecule has 4 fully saturated rings. The number of para-hydroxylation sites is 1. The van der Waals surface area contributed by atoms with Crippen molar-refractivity contribution < 1.29 is 4.39 Å². The van der Waals surface area contributed by atoms with Gasteiger partial charge < -0.3 is 0 Å². The number of fused-ring (bicyclic) bond motifs is 1. The molecule has 0 amide bonds. The highest BCUT2D eigenvalue weighted by atomic mass is 19.1. The van der Waals surface area contributed by atoms with E-state index in [1.54, 1.807) is 0 Å². The van der Waals surface area contributed by atoms with E-state index in [2.05, 4.69) is 30.3 Å². The standard InChI is InChI=1S/C25H24FN/c26-20-7-5-19(6-8-20)24-12-22(21-3-1-2-4-23(21)27-24)25-13-16-9-17(14-25)11-18(10-16)15-25/h1-8,12,16-18H,9-11,13-15H2. The first-order valence-corrected chi connectivity index (χ1v) is 10.3. The molecule has 4 bridgehead atoms. The van der Waals surface area contributed by atoms with E-state index in [1.165, 1.54) is 61.6 Å². The van der Waals surface area contributed by atoms with Crippen LogP contribution in [0.25, 0.3) is 22.2 Å². The molecule has 4 aliphatic rings. The normalized spacial score (nSPS) is 31.5. The Morgan fingerprint density at radius 1 is 0.815 bits per heavy atom. The van der Waals surface area contributed by atoms with Gasteiger partial charge in [0.25, 0.3) is 0 Å². The Labute approximate surface area is 159 Å². The largest absolute Gasteiger partial charge is 0.248 e. The van der Waals surface area contributed by atoms with Crippen molar-refractivity contribution >= 4 is 10.9 Å². The van der Waals surface area contributed by atoms with Gasteiger partial charge in [0.1, 0.15) is 5.82 Å². The van der Waals surface area contributed by atoms with Gasteiger partial charge in [-0.15, -0.1) is 0 Å². The highest BCUT2D eigenvalue weighted by molar-refractivity contribution is 5.86. The van der Waals surface area contributed by atoms with Gasteiger partial charge in [-0.25, -0.2) is 9.37 Å². The van der Waals surface area contributed by atoms with Crippen LogP contribution in [0.2, 0.25) is 0 Å². The molecule has 1 nitrogen and oxygen atoms in total. The summed E-state index contributed by atoms with van der Waals surface area (Å²) in [5.41, 5.74) is 4.90. The van der Waals surface area contributed by atoms with Crippen LogP contribution in [0.5, 0.6) is 0 Å². The van der Waals surface area contributed by atoms with Crippen LogP contribution in [0.15, 0.2) is 54.6 Å². The van der Waals surface area contributed by atoms with E-state index in [0.717, 1.165) is 34.5 Å². The number of hydrogen-bond acceptors (Lipinski definition) is 1. The number of hydrogen-bond donors (Lipinski definition) is 0. The molecule has 0 aliphatic heterocycles. The van der Waals surface area contributed by atoms with Gasteiger partial charge in [-0.2, -0.15) is 0 Å². The van der Waals surface area contributed by atoms with Crippen molar-refractivity contribution in [3.8, 4) is 11.3 Å². The lowest BCUT2D eigenvalue weighted by Crippen LogP contribution is -2.48. The van der Waals surface area contributed by atoms with Crippen molar-refractivity contribution in [2.45, 2.75) is 43.9 Å². The molecule has 0 spiro atoms. The van der Waals surface area contributed by atoms with Gasteiger partial charge in [0.05, 0.1) is 11.2 Å². The van der Waals surface area contributed by atoms with E-state index in [9.17, 15) is 4.39 Å². The molecule has 2 aromatic carbocycles. The maximum absolute atomic E-state index is 13.4. The Hall–Kier alpha value is -2.22. The van der Waals surface area contributed by atoms with Crippen molar-refractivity contribution in [1.29, 1.82) is 0 Å². The molecule has 27 heavy (non-hydrogen) atoms. The Kier molecular flexibility index (Phi) is 3.30. The second-order valence-electron chi connectivity index (χ2n) is 9.28. The van der Waals surface area contributed by atoms with Crippen molar-refractivity contribution in [1.82, 2.24) is 4.98 Å². The van der Waals surface area contributed by atoms with E-state index in [-0.39, 0.29) is 5.82 Å².